The van der Waals surface area contributed by atoms with Crippen molar-refractivity contribution >= 4 is 35.0 Å². The minimum Gasteiger partial charge on any atom is -0.391 e. The quantitative estimate of drug-likeness (QED) is 0.330. The van der Waals surface area contributed by atoms with Crippen LogP contribution in [0, 0.1) is 11.7 Å². The van der Waals surface area contributed by atoms with Gasteiger partial charge in [0, 0.05) is 25.4 Å². The molecule has 2 aliphatic rings. The molecule has 0 bridgehead atoms. The van der Waals surface area contributed by atoms with Crippen molar-refractivity contribution in [2.24, 2.45) is 11.7 Å². The number of nitrogens with one attached hydrogen (secondary N) is 2. The molecular formula is C28H30ClFN6O3. The van der Waals surface area contributed by atoms with Gasteiger partial charge >= 0.3 is 6.03 Å². The van der Waals surface area contributed by atoms with Crippen LogP contribution in [-0.2, 0) is 10.3 Å². The summed E-state index contributed by atoms with van der Waals surface area (Å²) in [6.07, 6.45) is 6.03. The number of anilines is 2. The number of nitrogens with zero attached hydrogens (tertiary/aromatic N) is 3. The van der Waals surface area contributed by atoms with Crippen molar-refractivity contribution < 1.29 is 19.1 Å². The number of aromatic nitrogens is 2. The number of pyridine rings is 2. The summed E-state index contributed by atoms with van der Waals surface area (Å²) < 4.78 is 15.0. The van der Waals surface area contributed by atoms with Gasteiger partial charge in [-0.3, -0.25) is 15.1 Å². The molecule has 9 nitrogen and oxygen atoms in total. The number of carbonyl (C=O) groups is 2. The van der Waals surface area contributed by atoms with Gasteiger partial charge in [-0.1, -0.05) is 36.6 Å². The van der Waals surface area contributed by atoms with Crippen LogP contribution in [0.4, 0.5) is 20.7 Å². The van der Waals surface area contributed by atoms with Crippen LogP contribution in [0.1, 0.15) is 43.4 Å². The Balaban J connectivity index is 1.36. The lowest BCUT2D eigenvalue weighted by atomic mass is 9.82. The Labute approximate surface area is 230 Å². The van der Waals surface area contributed by atoms with Crippen LogP contribution in [0.5, 0.6) is 0 Å². The van der Waals surface area contributed by atoms with Gasteiger partial charge in [0.1, 0.15) is 17.7 Å². The smallest absolute Gasteiger partial charge is 0.323 e. The van der Waals surface area contributed by atoms with E-state index in [2.05, 4.69) is 20.6 Å². The summed E-state index contributed by atoms with van der Waals surface area (Å²) in [6.45, 7) is -0.0627. The number of nitrogens with two attached hydrogens (primary N) is 1. The molecule has 11 heteroatoms. The van der Waals surface area contributed by atoms with E-state index in [1.807, 2.05) is 18.2 Å². The van der Waals surface area contributed by atoms with Gasteiger partial charge in [0.2, 0.25) is 5.91 Å². The van der Waals surface area contributed by atoms with Crippen LogP contribution in [0.15, 0.2) is 60.9 Å². The molecule has 1 aliphatic heterocycles. The van der Waals surface area contributed by atoms with Crippen molar-refractivity contribution in [2.45, 2.75) is 49.8 Å². The predicted octanol–water partition coefficient (Wildman–Crippen LogP) is 4.27. The van der Waals surface area contributed by atoms with Crippen LogP contribution in [0.25, 0.3) is 0 Å². The summed E-state index contributed by atoms with van der Waals surface area (Å²) in [5.41, 5.74) is 7.19. The number of hydrogen-bond donors (Lipinski definition) is 4. The second-order valence-corrected chi connectivity index (χ2v) is 10.6. The molecule has 3 amide bonds. The zero-order valence-corrected chi connectivity index (χ0v) is 21.9. The van der Waals surface area contributed by atoms with Crippen LogP contribution in [0.3, 0.4) is 0 Å². The first kappa shape index (κ1) is 27.0. The fourth-order valence-electron chi connectivity index (χ4n) is 4.92. The minimum absolute atomic E-state index is 0.00472. The number of benzene rings is 1. The summed E-state index contributed by atoms with van der Waals surface area (Å²) in [5.74, 6) is -0.396. The van der Waals surface area contributed by atoms with Crippen LogP contribution < -0.4 is 16.4 Å². The van der Waals surface area contributed by atoms with Gasteiger partial charge in [-0.05, 0) is 60.7 Å². The fraction of sp³-hybridized carbons (Fsp3) is 0.357. The number of β-amino-alcohol motifs (C(OH)–C–C–N with tert-alkyl or cyclic N) is 1. The summed E-state index contributed by atoms with van der Waals surface area (Å²) in [4.78, 5) is 35.9. The van der Waals surface area contributed by atoms with Gasteiger partial charge in [-0.15, -0.1) is 0 Å². The molecular weight excluding hydrogens is 523 g/mol. The van der Waals surface area contributed by atoms with Gasteiger partial charge in [0.25, 0.3) is 0 Å². The van der Waals surface area contributed by atoms with Crippen LogP contribution >= 0.6 is 11.6 Å². The molecule has 0 radical (unpaired) electrons. The number of aliphatic hydroxyl groups is 1. The Kier molecular flexibility index (Phi) is 7.79. The van der Waals surface area contributed by atoms with Crippen molar-refractivity contribution in [3.05, 3.63) is 83.0 Å². The lowest BCUT2D eigenvalue weighted by molar-refractivity contribution is -0.119. The van der Waals surface area contributed by atoms with E-state index in [0.29, 0.717) is 28.6 Å². The molecule has 204 valence electrons. The molecule has 1 aromatic carbocycles. The molecule has 3 unspecified atom stereocenters. The maximum atomic E-state index is 15.0. The number of urea groups is 1. The molecule has 2 aromatic heterocycles. The van der Waals surface area contributed by atoms with Crippen molar-refractivity contribution in [2.75, 3.05) is 17.2 Å². The normalized spacial score (nSPS) is 20.4. The predicted molar refractivity (Wildman–Crippen MR) is 146 cm³/mol. The first-order chi connectivity index (χ1) is 18.7. The number of aliphatic hydroxyl groups excluding tert-OH is 1. The first-order valence-corrected chi connectivity index (χ1v) is 13.3. The highest BCUT2D eigenvalue weighted by atomic mass is 35.5. The van der Waals surface area contributed by atoms with Crippen molar-refractivity contribution in [3.63, 3.8) is 0 Å². The van der Waals surface area contributed by atoms with E-state index in [4.69, 9.17) is 17.3 Å². The SMILES string of the molecule is NC(CCC1CC1)(c1ccc(F)c(NC(=O)C2CC(O)CN2C(=O)Nc2ccc(Cl)cn2)c1)c1ccccn1. The first-order valence-electron chi connectivity index (χ1n) is 12.9. The molecule has 1 aliphatic carbocycles. The lowest BCUT2D eigenvalue weighted by Crippen LogP contribution is -2.45. The molecule has 5 N–H and O–H groups in total. The lowest BCUT2D eigenvalue weighted by Gasteiger charge is -2.30. The van der Waals surface area contributed by atoms with E-state index in [1.54, 1.807) is 18.3 Å². The molecule has 1 saturated carbocycles. The van der Waals surface area contributed by atoms with Crippen molar-refractivity contribution in [1.82, 2.24) is 14.9 Å². The number of hydrogen-bond acceptors (Lipinski definition) is 6. The monoisotopic (exact) mass is 552 g/mol. The molecule has 5 rings (SSSR count). The molecule has 0 spiro atoms. The second-order valence-electron chi connectivity index (χ2n) is 10.2. The maximum Gasteiger partial charge on any atom is 0.323 e. The number of amides is 3. The van der Waals surface area contributed by atoms with E-state index < -0.39 is 35.4 Å². The third-order valence-corrected chi connectivity index (χ3v) is 7.53. The molecule has 3 atom stereocenters. The van der Waals surface area contributed by atoms with E-state index in [9.17, 15) is 19.1 Å². The summed E-state index contributed by atoms with van der Waals surface area (Å²) >= 11 is 5.84. The minimum atomic E-state index is -1.02. The molecule has 3 aromatic rings. The summed E-state index contributed by atoms with van der Waals surface area (Å²) in [6, 6.07) is 11.4. The topological polar surface area (TPSA) is 133 Å². The zero-order valence-electron chi connectivity index (χ0n) is 21.2. The molecule has 2 fully saturated rings. The third-order valence-electron chi connectivity index (χ3n) is 7.31. The maximum absolute atomic E-state index is 15.0. The van der Waals surface area contributed by atoms with Gasteiger partial charge in [0.15, 0.2) is 0 Å². The number of halogens is 2. The standard InChI is InChI=1S/C28H30ClFN6O3/c29-19-7-9-25(33-15-19)35-27(39)36-16-20(37)14-23(36)26(38)34-22-13-18(6-8-21(22)30)28(31,11-10-17-4-5-17)24-3-1-2-12-32-24/h1-3,6-9,12-13,15,17,20,23,37H,4-5,10-11,14,16,31H2,(H,34,38)(H,33,35,39). The largest absolute Gasteiger partial charge is 0.391 e. The molecule has 3 heterocycles. The average molecular weight is 553 g/mol. The van der Waals surface area contributed by atoms with Gasteiger partial charge in [-0.25, -0.2) is 14.2 Å². The van der Waals surface area contributed by atoms with Gasteiger partial charge < -0.3 is 21.1 Å². The Morgan fingerprint density at radius 3 is 2.67 bits per heavy atom. The van der Waals surface area contributed by atoms with E-state index >= 15 is 0 Å². The summed E-state index contributed by atoms with van der Waals surface area (Å²) in [5, 5.41) is 15.9. The zero-order chi connectivity index (χ0) is 27.6. The summed E-state index contributed by atoms with van der Waals surface area (Å²) in [7, 11) is 0. The Bertz CT molecular complexity index is 1340. The van der Waals surface area contributed by atoms with Crippen LogP contribution in [-0.4, -0.2) is 50.6 Å². The van der Waals surface area contributed by atoms with Crippen molar-refractivity contribution in [1.29, 1.82) is 0 Å². The number of carbonyl (C=O) groups excluding carboxylic acids is 2. The Morgan fingerprint density at radius 2 is 1.97 bits per heavy atom. The van der Waals surface area contributed by atoms with E-state index in [-0.39, 0.29) is 24.5 Å². The Morgan fingerprint density at radius 1 is 1.15 bits per heavy atom. The van der Waals surface area contributed by atoms with E-state index in [0.717, 1.165) is 6.42 Å². The van der Waals surface area contributed by atoms with Gasteiger partial charge in [0.05, 0.1) is 28.0 Å². The number of rotatable bonds is 8. The number of likely N-dealkylation sites (tertiary alicyclic amines) is 1. The van der Waals surface area contributed by atoms with Crippen LogP contribution in [0.2, 0.25) is 5.02 Å². The highest BCUT2D eigenvalue weighted by Gasteiger charge is 2.40. The average Bonchev–Trinajstić information content (AvgIpc) is 3.69. The van der Waals surface area contributed by atoms with Crippen molar-refractivity contribution in [3.8, 4) is 0 Å². The third kappa shape index (κ3) is 6.19. The highest BCUT2D eigenvalue weighted by Crippen LogP contribution is 2.40. The molecule has 1 saturated heterocycles. The fourth-order valence-corrected chi connectivity index (χ4v) is 5.03. The molecule has 39 heavy (non-hydrogen) atoms. The highest BCUT2D eigenvalue weighted by molar-refractivity contribution is 6.30. The van der Waals surface area contributed by atoms with Gasteiger partial charge in [-0.2, -0.15) is 0 Å². The second kappa shape index (κ2) is 11.3. The Hall–Kier alpha value is -3.60. The van der Waals surface area contributed by atoms with E-state index in [1.165, 1.54) is 42.1 Å².